The van der Waals surface area contributed by atoms with Crippen molar-refractivity contribution in [3.8, 4) is 5.75 Å². The Morgan fingerprint density at radius 2 is 2.25 bits per heavy atom. The topological polar surface area (TPSA) is 53.5 Å². The maximum absolute atomic E-state index is 8.81. The van der Waals surface area contributed by atoms with E-state index in [-0.39, 0.29) is 6.61 Å². The third kappa shape index (κ3) is 3.72. The number of aliphatic hydroxyl groups excluding tert-OH is 1. The van der Waals surface area contributed by atoms with E-state index >= 15 is 0 Å². The van der Waals surface area contributed by atoms with Gasteiger partial charge in [-0.2, -0.15) is 0 Å². The summed E-state index contributed by atoms with van der Waals surface area (Å²) in [4.78, 5) is 0. The number of methoxy groups -OCH3 is 1. The lowest BCUT2D eigenvalue weighted by Crippen LogP contribution is -2.35. The second kappa shape index (κ2) is 7.62. The Morgan fingerprint density at radius 1 is 1.40 bits per heavy atom. The highest BCUT2D eigenvalue weighted by Crippen LogP contribution is 2.27. The van der Waals surface area contributed by atoms with Crippen molar-refractivity contribution in [1.82, 2.24) is 10.6 Å². The van der Waals surface area contributed by atoms with Gasteiger partial charge in [-0.15, -0.1) is 0 Å². The lowest BCUT2D eigenvalue weighted by atomic mass is 9.92. The van der Waals surface area contributed by atoms with E-state index in [0.29, 0.717) is 6.04 Å². The Morgan fingerprint density at radius 3 is 2.95 bits per heavy atom. The first-order valence-corrected chi connectivity index (χ1v) is 7.52. The summed E-state index contributed by atoms with van der Waals surface area (Å²) in [5.74, 6) is 0.956. The van der Waals surface area contributed by atoms with Gasteiger partial charge in [-0.1, -0.05) is 13.0 Å². The summed E-state index contributed by atoms with van der Waals surface area (Å²) in [7, 11) is 1.73. The van der Waals surface area contributed by atoms with E-state index in [1.807, 2.05) is 0 Å². The molecule has 0 aromatic heterocycles. The van der Waals surface area contributed by atoms with Crippen LogP contribution in [0.3, 0.4) is 0 Å². The molecular weight excluding hydrogens is 252 g/mol. The molecular formula is C16H26N2O2. The molecule has 4 nitrogen and oxygen atoms in total. The smallest absolute Gasteiger partial charge is 0.123 e. The predicted octanol–water partition coefficient (Wildman–Crippen LogP) is 1.59. The molecule has 1 aliphatic rings. The summed E-state index contributed by atoms with van der Waals surface area (Å²) in [5.41, 5.74) is 4.00. The number of fused-ring (bicyclic) bond motifs is 1. The number of ether oxygens (including phenoxy) is 1. The van der Waals surface area contributed by atoms with E-state index in [1.165, 1.54) is 16.7 Å². The van der Waals surface area contributed by atoms with Gasteiger partial charge in [0.25, 0.3) is 0 Å². The van der Waals surface area contributed by atoms with Crippen molar-refractivity contribution in [3.05, 3.63) is 28.8 Å². The molecule has 0 saturated heterocycles. The normalized spacial score (nSPS) is 17.9. The quantitative estimate of drug-likeness (QED) is 0.663. The van der Waals surface area contributed by atoms with E-state index in [4.69, 9.17) is 9.84 Å². The average Bonchev–Trinajstić information content (AvgIpc) is 2.50. The Bertz CT molecular complexity index is 435. The summed E-state index contributed by atoms with van der Waals surface area (Å²) in [6.07, 6.45) is 3.05. The van der Waals surface area contributed by atoms with Gasteiger partial charge in [0.15, 0.2) is 0 Å². The molecule has 1 unspecified atom stereocenters. The van der Waals surface area contributed by atoms with Crippen LogP contribution in [-0.2, 0) is 19.5 Å². The van der Waals surface area contributed by atoms with Crippen molar-refractivity contribution < 1.29 is 9.84 Å². The van der Waals surface area contributed by atoms with Crippen molar-refractivity contribution in [3.63, 3.8) is 0 Å². The molecule has 1 aromatic rings. The second-order valence-corrected chi connectivity index (χ2v) is 5.38. The van der Waals surface area contributed by atoms with Crippen LogP contribution in [0.1, 0.15) is 36.5 Å². The third-order valence-corrected chi connectivity index (χ3v) is 3.97. The van der Waals surface area contributed by atoms with Gasteiger partial charge < -0.3 is 20.5 Å². The van der Waals surface area contributed by atoms with Gasteiger partial charge in [0.2, 0.25) is 0 Å². The van der Waals surface area contributed by atoms with Crippen molar-refractivity contribution in [2.45, 2.75) is 45.3 Å². The monoisotopic (exact) mass is 278 g/mol. The van der Waals surface area contributed by atoms with Gasteiger partial charge in [-0.25, -0.2) is 0 Å². The summed E-state index contributed by atoms with van der Waals surface area (Å²) >= 11 is 0. The molecule has 3 N–H and O–H groups in total. The molecule has 0 radical (unpaired) electrons. The summed E-state index contributed by atoms with van der Waals surface area (Å²) < 4.78 is 5.50. The third-order valence-electron chi connectivity index (χ3n) is 3.97. The standard InChI is InChI=1S/C16H26N2O2/c1-3-15-8-12-7-14(10-17-5-4-6-19)16(20-2)9-13(12)11-18-15/h7,9,15,17-19H,3-6,8,10-11H2,1-2H3. The van der Waals surface area contributed by atoms with Gasteiger partial charge in [0.05, 0.1) is 7.11 Å². The largest absolute Gasteiger partial charge is 0.496 e. The van der Waals surface area contributed by atoms with Crippen LogP contribution < -0.4 is 15.4 Å². The van der Waals surface area contributed by atoms with Crippen LogP contribution in [0.2, 0.25) is 0 Å². The van der Waals surface area contributed by atoms with Crippen molar-refractivity contribution in [1.29, 1.82) is 0 Å². The molecule has 112 valence electrons. The van der Waals surface area contributed by atoms with E-state index in [9.17, 15) is 0 Å². The highest BCUT2D eigenvalue weighted by Gasteiger charge is 2.18. The van der Waals surface area contributed by atoms with E-state index < -0.39 is 0 Å². The molecule has 2 rings (SSSR count). The van der Waals surface area contributed by atoms with Crippen LogP contribution in [0.4, 0.5) is 0 Å². The fourth-order valence-electron chi connectivity index (χ4n) is 2.71. The first-order valence-electron chi connectivity index (χ1n) is 7.52. The zero-order valence-electron chi connectivity index (χ0n) is 12.5. The molecule has 1 atom stereocenters. The Hall–Kier alpha value is -1.10. The van der Waals surface area contributed by atoms with Gasteiger partial charge >= 0.3 is 0 Å². The molecule has 0 saturated carbocycles. The second-order valence-electron chi connectivity index (χ2n) is 5.38. The minimum atomic E-state index is 0.234. The van der Waals surface area contributed by atoms with Crippen molar-refractivity contribution in [2.75, 3.05) is 20.3 Å². The lowest BCUT2D eigenvalue weighted by molar-refractivity contribution is 0.286. The van der Waals surface area contributed by atoms with Crippen LogP contribution in [0, 0.1) is 0 Å². The van der Waals surface area contributed by atoms with Gasteiger partial charge in [-0.3, -0.25) is 0 Å². The minimum absolute atomic E-state index is 0.234. The maximum atomic E-state index is 8.81. The average molecular weight is 278 g/mol. The summed E-state index contributed by atoms with van der Waals surface area (Å²) in [6, 6.07) is 5.03. The highest BCUT2D eigenvalue weighted by atomic mass is 16.5. The Kier molecular flexibility index (Phi) is 5.83. The summed E-state index contributed by atoms with van der Waals surface area (Å²) in [5, 5.41) is 15.7. The van der Waals surface area contributed by atoms with Crippen molar-refractivity contribution in [2.24, 2.45) is 0 Å². The number of hydrogen-bond donors (Lipinski definition) is 3. The molecule has 4 heteroatoms. The first kappa shape index (κ1) is 15.3. The van der Waals surface area contributed by atoms with Gasteiger partial charge in [0, 0.05) is 31.3 Å². The number of aliphatic hydroxyl groups is 1. The number of nitrogens with one attached hydrogen (secondary N) is 2. The van der Waals surface area contributed by atoms with E-state index in [2.05, 4.69) is 29.7 Å². The molecule has 0 amide bonds. The van der Waals surface area contributed by atoms with E-state index in [1.54, 1.807) is 7.11 Å². The fraction of sp³-hybridized carbons (Fsp3) is 0.625. The molecule has 1 aromatic carbocycles. The number of rotatable bonds is 7. The lowest BCUT2D eigenvalue weighted by Gasteiger charge is -2.26. The highest BCUT2D eigenvalue weighted by molar-refractivity contribution is 5.44. The molecule has 0 fully saturated rings. The van der Waals surface area contributed by atoms with Crippen LogP contribution in [0.5, 0.6) is 5.75 Å². The van der Waals surface area contributed by atoms with Crippen LogP contribution >= 0.6 is 0 Å². The minimum Gasteiger partial charge on any atom is -0.496 e. The SMILES string of the molecule is CCC1Cc2cc(CNCCCO)c(OC)cc2CN1. The van der Waals surface area contributed by atoms with Gasteiger partial charge in [0.1, 0.15) is 5.75 Å². The Labute approximate surface area is 121 Å². The maximum Gasteiger partial charge on any atom is 0.123 e. The Balaban J connectivity index is 2.10. The predicted molar refractivity (Wildman–Crippen MR) is 81.0 cm³/mol. The number of hydrogen-bond acceptors (Lipinski definition) is 4. The fourth-order valence-corrected chi connectivity index (χ4v) is 2.71. The van der Waals surface area contributed by atoms with Gasteiger partial charge in [-0.05, 0) is 43.0 Å². The molecule has 0 bridgehead atoms. The first-order chi connectivity index (χ1) is 9.78. The summed E-state index contributed by atoms with van der Waals surface area (Å²) in [6.45, 7) is 5.01. The molecule has 20 heavy (non-hydrogen) atoms. The molecule has 0 spiro atoms. The molecule has 1 aliphatic heterocycles. The van der Waals surface area contributed by atoms with E-state index in [0.717, 1.165) is 44.6 Å². The molecule has 0 aliphatic carbocycles. The zero-order valence-corrected chi connectivity index (χ0v) is 12.5. The van der Waals surface area contributed by atoms with Crippen molar-refractivity contribution >= 4 is 0 Å². The molecule has 1 heterocycles. The van der Waals surface area contributed by atoms with Crippen LogP contribution in [0.15, 0.2) is 12.1 Å². The number of benzene rings is 1. The van der Waals surface area contributed by atoms with Crippen LogP contribution in [-0.4, -0.2) is 31.4 Å². The zero-order chi connectivity index (χ0) is 14.4. The van der Waals surface area contributed by atoms with Crippen LogP contribution in [0.25, 0.3) is 0 Å².